The average Bonchev–Trinajstić information content (AvgIpc) is 3.15. The Hall–Kier alpha value is -2.64. The lowest BCUT2D eigenvalue weighted by atomic mass is 10.1. The number of hydrogen-bond acceptors (Lipinski definition) is 0. The van der Waals surface area contributed by atoms with Crippen molar-refractivity contribution < 1.29 is 0 Å². The van der Waals surface area contributed by atoms with Crippen LogP contribution in [0.4, 0.5) is 0 Å². The summed E-state index contributed by atoms with van der Waals surface area (Å²) in [5.74, 6) is 0. The molecule has 1 heteroatoms. The molecular formula is C32H38Si. The Kier molecular flexibility index (Phi) is 6.63. The van der Waals surface area contributed by atoms with E-state index in [1.165, 1.54) is 55.4 Å². The molecule has 1 aliphatic rings. The molecule has 0 fully saturated rings. The summed E-state index contributed by atoms with van der Waals surface area (Å²) in [5, 5.41) is 4.61. The summed E-state index contributed by atoms with van der Waals surface area (Å²) in [6.45, 7) is 15.8. The van der Waals surface area contributed by atoms with E-state index in [2.05, 4.69) is 121 Å². The molecule has 0 nitrogen and oxygen atoms in total. The molecule has 170 valence electrons. The zero-order valence-electron chi connectivity index (χ0n) is 21.4. The fraction of sp³-hybridized carbons (Fsp3) is 0.312. The van der Waals surface area contributed by atoms with Crippen LogP contribution < -0.4 is 15.6 Å². The van der Waals surface area contributed by atoms with Gasteiger partial charge in [-0.25, -0.2) is 0 Å². The molecule has 0 heterocycles. The van der Waals surface area contributed by atoms with Gasteiger partial charge in [0.05, 0.1) is 0 Å². The van der Waals surface area contributed by atoms with Crippen LogP contribution in [0.25, 0.3) is 0 Å². The van der Waals surface area contributed by atoms with Crippen molar-refractivity contribution in [1.29, 1.82) is 0 Å². The maximum atomic E-state index is 2.52. The predicted octanol–water partition coefficient (Wildman–Crippen LogP) is 6.67. The minimum atomic E-state index is -2.43. The van der Waals surface area contributed by atoms with Gasteiger partial charge in [-0.3, -0.25) is 0 Å². The molecule has 0 aliphatic heterocycles. The van der Waals surface area contributed by atoms with Gasteiger partial charge in [-0.2, -0.15) is 0 Å². The van der Waals surface area contributed by atoms with Crippen LogP contribution in [0.1, 0.15) is 53.1 Å². The van der Waals surface area contributed by atoms with Crippen LogP contribution in [-0.2, 0) is 0 Å². The van der Waals surface area contributed by atoms with Crippen LogP contribution in [0.2, 0.25) is 5.54 Å². The Bertz CT molecular complexity index is 1060. The Morgan fingerprint density at radius 2 is 0.939 bits per heavy atom. The highest BCUT2D eigenvalue weighted by Gasteiger charge is 2.48. The maximum absolute atomic E-state index is 2.52. The number of benzene rings is 3. The third-order valence-electron chi connectivity index (χ3n) is 7.05. The second kappa shape index (κ2) is 9.31. The van der Waals surface area contributed by atoms with E-state index in [0.717, 1.165) is 6.42 Å². The van der Waals surface area contributed by atoms with Crippen LogP contribution in [0, 0.1) is 41.5 Å². The van der Waals surface area contributed by atoms with Crippen LogP contribution in [0.5, 0.6) is 0 Å². The standard InChI is InChI=1S/C32H38Si/c1-8-10-28-11-9-12-32(28)33(29-16-22(2)13-23(3)17-29,30-18-24(4)14-25(5)19-30)31-20-26(6)15-27(7)21-31/h9,11-21,32H,8,10H2,1-7H3. The Balaban J connectivity index is 2.18. The Labute approximate surface area is 202 Å². The van der Waals surface area contributed by atoms with Gasteiger partial charge in [0, 0.05) is 5.54 Å². The first-order valence-electron chi connectivity index (χ1n) is 12.4. The van der Waals surface area contributed by atoms with Gasteiger partial charge in [-0.05, 0) is 63.5 Å². The van der Waals surface area contributed by atoms with Crippen molar-refractivity contribution in [3.63, 3.8) is 0 Å². The van der Waals surface area contributed by atoms with Crippen LogP contribution >= 0.6 is 0 Å². The number of allylic oxidation sites excluding steroid dienone is 4. The minimum absolute atomic E-state index is 0.432. The van der Waals surface area contributed by atoms with E-state index in [1.54, 1.807) is 5.57 Å². The summed E-state index contributed by atoms with van der Waals surface area (Å²) in [6, 6.07) is 21.9. The van der Waals surface area contributed by atoms with E-state index in [1.807, 2.05) is 0 Å². The summed E-state index contributed by atoms with van der Waals surface area (Å²) in [4.78, 5) is 0. The molecule has 0 saturated heterocycles. The molecule has 0 amide bonds. The lowest BCUT2D eigenvalue weighted by molar-refractivity contribution is 0.880. The molecule has 0 aromatic heterocycles. The van der Waals surface area contributed by atoms with E-state index in [9.17, 15) is 0 Å². The van der Waals surface area contributed by atoms with Gasteiger partial charge >= 0.3 is 0 Å². The van der Waals surface area contributed by atoms with E-state index < -0.39 is 8.07 Å². The van der Waals surface area contributed by atoms with Crippen molar-refractivity contribution in [3.8, 4) is 0 Å². The van der Waals surface area contributed by atoms with Crippen molar-refractivity contribution in [2.75, 3.05) is 0 Å². The highest BCUT2D eigenvalue weighted by atomic mass is 28.3. The second-order valence-corrected chi connectivity index (χ2v) is 14.3. The monoisotopic (exact) mass is 450 g/mol. The topological polar surface area (TPSA) is 0 Å². The van der Waals surface area contributed by atoms with Gasteiger partial charge in [0.2, 0.25) is 0 Å². The zero-order valence-corrected chi connectivity index (χ0v) is 22.4. The Morgan fingerprint density at radius 3 is 1.27 bits per heavy atom. The number of hydrogen-bond donors (Lipinski definition) is 0. The second-order valence-electron chi connectivity index (χ2n) is 10.3. The molecule has 0 spiro atoms. The normalized spacial score (nSPS) is 15.7. The van der Waals surface area contributed by atoms with Crippen LogP contribution in [-0.4, -0.2) is 8.07 Å². The SMILES string of the molecule is CCCC1=CC=CC1[Si](c1cc(C)cc(C)c1)(c1cc(C)cc(C)c1)c1cc(C)cc(C)c1. The molecule has 0 saturated carbocycles. The minimum Gasteiger partial charge on any atom is -0.0790 e. The molecular weight excluding hydrogens is 412 g/mol. The summed E-state index contributed by atoms with van der Waals surface area (Å²) in [5.41, 5.74) is 10.2. The number of rotatable bonds is 6. The predicted molar refractivity (Wildman–Crippen MR) is 148 cm³/mol. The van der Waals surface area contributed by atoms with Gasteiger partial charge < -0.3 is 0 Å². The fourth-order valence-electron chi connectivity index (χ4n) is 6.11. The summed E-state index contributed by atoms with van der Waals surface area (Å²) >= 11 is 0. The lowest BCUT2D eigenvalue weighted by Gasteiger charge is -2.41. The van der Waals surface area contributed by atoms with Gasteiger partial charge in [0.25, 0.3) is 0 Å². The molecule has 3 aromatic carbocycles. The smallest absolute Gasteiger partial charge is 0.0790 e. The van der Waals surface area contributed by atoms with Crippen molar-refractivity contribution in [2.45, 2.75) is 66.8 Å². The molecule has 1 aliphatic carbocycles. The highest BCUT2D eigenvalue weighted by Crippen LogP contribution is 2.38. The molecule has 4 rings (SSSR count). The summed E-state index contributed by atoms with van der Waals surface area (Å²) < 4.78 is 0. The van der Waals surface area contributed by atoms with Gasteiger partial charge in [0.15, 0.2) is 8.07 Å². The van der Waals surface area contributed by atoms with Crippen molar-refractivity contribution >= 4 is 23.6 Å². The summed E-state index contributed by atoms with van der Waals surface area (Å²) in [6.07, 6.45) is 9.59. The Morgan fingerprint density at radius 1 is 0.576 bits per heavy atom. The van der Waals surface area contributed by atoms with Crippen molar-refractivity contribution in [1.82, 2.24) is 0 Å². The zero-order chi connectivity index (χ0) is 23.8. The van der Waals surface area contributed by atoms with Crippen molar-refractivity contribution in [3.05, 3.63) is 112 Å². The third kappa shape index (κ3) is 4.44. The molecule has 1 unspecified atom stereocenters. The van der Waals surface area contributed by atoms with Gasteiger partial charge in [-0.1, -0.05) is 125 Å². The number of aryl methyl sites for hydroxylation is 6. The first-order chi connectivity index (χ1) is 15.7. The fourth-order valence-corrected chi connectivity index (χ4v) is 12.1. The lowest BCUT2D eigenvalue weighted by Crippen LogP contribution is -2.70. The molecule has 0 bridgehead atoms. The van der Waals surface area contributed by atoms with E-state index in [4.69, 9.17) is 0 Å². The highest BCUT2D eigenvalue weighted by molar-refractivity contribution is 7.13. The third-order valence-corrected chi connectivity index (χ3v) is 12.1. The first kappa shape index (κ1) is 23.5. The van der Waals surface area contributed by atoms with E-state index >= 15 is 0 Å². The quantitative estimate of drug-likeness (QED) is 0.290. The van der Waals surface area contributed by atoms with E-state index in [-0.39, 0.29) is 0 Å². The molecule has 1 atom stereocenters. The molecule has 3 aromatic rings. The molecule has 0 radical (unpaired) electrons. The van der Waals surface area contributed by atoms with Gasteiger partial charge in [0.1, 0.15) is 0 Å². The largest absolute Gasteiger partial charge is 0.159 e. The van der Waals surface area contributed by atoms with Crippen LogP contribution in [0.3, 0.4) is 0 Å². The molecule has 0 N–H and O–H groups in total. The maximum Gasteiger partial charge on any atom is 0.159 e. The van der Waals surface area contributed by atoms with Crippen molar-refractivity contribution in [2.24, 2.45) is 0 Å². The average molecular weight is 451 g/mol. The first-order valence-corrected chi connectivity index (χ1v) is 14.5. The summed E-state index contributed by atoms with van der Waals surface area (Å²) in [7, 11) is -2.43. The van der Waals surface area contributed by atoms with Crippen LogP contribution in [0.15, 0.2) is 78.4 Å². The van der Waals surface area contributed by atoms with Gasteiger partial charge in [-0.15, -0.1) is 0 Å². The molecule has 33 heavy (non-hydrogen) atoms. The van der Waals surface area contributed by atoms with E-state index in [0.29, 0.717) is 5.54 Å².